The first-order chi connectivity index (χ1) is 10.1. The van der Waals surface area contributed by atoms with Crippen LogP contribution in [0.1, 0.15) is 11.1 Å². The predicted molar refractivity (Wildman–Crippen MR) is 94.7 cm³/mol. The minimum atomic E-state index is 0.582. The van der Waals surface area contributed by atoms with E-state index in [1.54, 1.807) is 0 Å². The third-order valence-corrected chi connectivity index (χ3v) is 5.62. The van der Waals surface area contributed by atoms with E-state index in [2.05, 4.69) is 86.5 Å². The van der Waals surface area contributed by atoms with Crippen LogP contribution in [0, 0.1) is 0 Å². The number of anilines is 2. The molecule has 0 N–H and O–H groups in total. The van der Waals surface area contributed by atoms with Gasteiger partial charge in [0.1, 0.15) is 0 Å². The topological polar surface area (TPSA) is 6.48 Å². The average Bonchev–Trinajstić information content (AvgIpc) is 2.48. The normalized spacial score (nSPS) is 10.5. The average molecular weight is 347 g/mol. The van der Waals surface area contributed by atoms with E-state index in [-0.39, 0.29) is 0 Å². The van der Waals surface area contributed by atoms with Crippen molar-refractivity contribution in [1.82, 2.24) is 0 Å². The number of hydrogen-bond donors (Lipinski definition) is 0. The summed E-state index contributed by atoms with van der Waals surface area (Å²) in [4.78, 5) is 4.42. The van der Waals surface area contributed by atoms with Crippen LogP contribution in [-0.2, 0) is 10.6 Å². The van der Waals surface area contributed by atoms with Crippen LogP contribution < -0.4 is 9.80 Å². The molecule has 0 heterocycles. The molecule has 21 heavy (non-hydrogen) atoms. The first-order valence-electron chi connectivity index (χ1n) is 7.18. The number of para-hydroxylation sites is 2. The van der Waals surface area contributed by atoms with Crippen molar-refractivity contribution < 1.29 is 0 Å². The third-order valence-electron chi connectivity index (χ3n) is 3.46. The Balaban J connectivity index is 2.03. The second-order valence-electron chi connectivity index (χ2n) is 5.54. The molecule has 0 aliphatic rings. The van der Waals surface area contributed by atoms with Crippen molar-refractivity contribution in [3.05, 3.63) is 59.7 Å². The quantitative estimate of drug-likeness (QED) is 0.741. The van der Waals surface area contributed by atoms with Crippen molar-refractivity contribution in [3.63, 3.8) is 0 Å². The van der Waals surface area contributed by atoms with Gasteiger partial charge in [0, 0.05) is 0 Å². The molecule has 0 saturated carbocycles. The Morgan fingerprint density at radius 3 is 1.43 bits per heavy atom. The maximum atomic E-state index is 2.26. The Hall–Kier alpha value is -1.44. The fourth-order valence-electron chi connectivity index (χ4n) is 2.41. The van der Waals surface area contributed by atoms with Crippen LogP contribution in [0.25, 0.3) is 0 Å². The van der Waals surface area contributed by atoms with Gasteiger partial charge in [-0.1, -0.05) is 0 Å². The van der Waals surface area contributed by atoms with E-state index in [0.717, 1.165) is 0 Å². The van der Waals surface area contributed by atoms with Gasteiger partial charge < -0.3 is 0 Å². The molecular weight excluding hydrogens is 323 g/mol. The number of benzene rings is 2. The molecule has 0 saturated heterocycles. The van der Waals surface area contributed by atoms with Gasteiger partial charge in [0.25, 0.3) is 0 Å². The van der Waals surface area contributed by atoms with Gasteiger partial charge in [-0.3, -0.25) is 0 Å². The molecule has 0 bridgehead atoms. The molecule has 0 radical (unpaired) electrons. The Bertz CT molecular complexity index is 527. The van der Waals surface area contributed by atoms with Crippen LogP contribution >= 0.6 is 0 Å². The summed E-state index contributed by atoms with van der Waals surface area (Å²) in [5.74, 6) is 0. The molecule has 0 atom stereocenters. The van der Waals surface area contributed by atoms with E-state index in [0.29, 0.717) is 15.0 Å². The summed E-state index contributed by atoms with van der Waals surface area (Å²) in [6.07, 6.45) is 0. The molecule has 3 heteroatoms. The summed E-state index contributed by atoms with van der Waals surface area (Å²) >= 11 is 0.582. The number of hydrogen-bond acceptors (Lipinski definition) is 2. The van der Waals surface area contributed by atoms with Crippen LogP contribution in [0.5, 0.6) is 0 Å². The molecule has 0 fully saturated rings. The molecule has 0 aromatic heterocycles. The molecular formula is C18H24N2Se. The van der Waals surface area contributed by atoms with Crippen molar-refractivity contribution >= 4 is 26.3 Å². The minimum absolute atomic E-state index is 0.582. The molecule has 2 rings (SSSR count). The Morgan fingerprint density at radius 1 is 0.667 bits per heavy atom. The molecule has 0 spiro atoms. The van der Waals surface area contributed by atoms with Crippen LogP contribution in [-0.4, -0.2) is 43.1 Å². The van der Waals surface area contributed by atoms with Crippen molar-refractivity contribution in [2.75, 3.05) is 38.0 Å². The van der Waals surface area contributed by atoms with Crippen LogP contribution in [0.3, 0.4) is 0 Å². The molecule has 0 aliphatic carbocycles. The molecule has 2 aromatic carbocycles. The molecule has 0 unspecified atom stereocenters. The summed E-state index contributed by atoms with van der Waals surface area (Å²) in [6.45, 7) is 0. The molecule has 2 aromatic rings. The summed E-state index contributed by atoms with van der Waals surface area (Å²) in [5.41, 5.74) is 5.62. The molecule has 112 valence electrons. The molecule has 0 amide bonds. The number of rotatable bonds is 6. The van der Waals surface area contributed by atoms with Gasteiger partial charge in [-0.15, -0.1) is 0 Å². The van der Waals surface area contributed by atoms with Crippen molar-refractivity contribution in [3.8, 4) is 0 Å². The van der Waals surface area contributed by atoms with Crippen molar-refractivity contribution in [2.45, 2.75) is 10.6 Å². The number of nitrogens with zero attached hydrogens (tertiary/aromatic N) is 2. The van der Waals surface area contributed by atoms with Crippen LogP contribution in [0.15, 0.2) is 48.5 Å². The van der Waals surface area contributed by atoms with Gasteiger partial charge in [-0.25, -0.2) is 0 Å². The van der Waals surface area contributed by atoms with E-state index < -0.39 is 0 Å². The fourth-order valence-corrected chi connectivity index (χ4v) is 4.57. The molecule has 0 aliphatic heterocycles. The van der Waals surface area contributed by atoms with E-state index in [4.69, 9.17) is 0 Å². The second-order valence-corrected chi connectivity index (χ2v) is 7.61. The Kier molecular flexibility index (Phi) is 5.72. The maximum absolute atomic E-state index is 2.26. The summed E-state index contributed by atoms with van der Waals surface area (Å²) in [6, 6.07) is 17.5. The van der Waals surface area contributed by atoms with Gasteiger partial charge in [0.2, 0.25) is 0 Å². The van der Waals surface area contributed by atoms with Gasteiger partial charge in [-0.2, -0.15) is 0 Å². The fraction of sp³-hybridized carbons (Fsp3) is 0.333. The van der Waals surface area contributed by atoms with E-state index in [1.807, 2.05) is 0 Å². The predicted octanol–water partition coefficient (Wildman–Crippen LogP) is 3.22. The van der Waals surface area contributed by atoms with Crippen LogP contribution in [0.2, 0.25) is 0 Å². The van der Waals surface area contributed by atoms with Gasteiger partial charge in [0.05, 0.1) is 0 Å². The summed E-state index contributed by atoms with van der Waals surface area (Å²) in [7, 11) is 8.47. The second kappa shape index (κ2) is 7.53. The Morgan fingerprint density at radius 2 is 1.05 bits per heavy atom. The first kappa shape index (κ1) is 15.9. The summed E-state index contributed by atoms with van der Waals surface area (Å²) < 4.78 is 0. The van der Waals surface area contributed by atoms with E-state index >= 15 is 0 Å². The molecule has 2 nitrogen and oxygen atoms in total. The standard InChI is InChI=1S/C18H24N2Se/c1-19(2)17-11-7-5-9-15(17)13-21-14-16-10-6-8-12-18(16)20(3)4/h5-12H,13-14H2,1-4H3. The zero-order chi connectivity index (χ0) is 15.2. The van der Waals surface area contributed by atoms with Crippen molar-refractivity contribution in [2.24, 2.45) is 0 Å². The monoisotopic (exact) mass is 348 g/mol. The van der Waals surface area contributed by atoms with Gasteiger partial charge >= 0.3 is 135 Å². The van der Waals surface area contributed by atoms with E-state index in [1.165, 1.54) is 33.1 Å². The SMILES string of the molecule is CN(C)c1ccccc1C[Se]Cc1ccccc1N(C)C. The van der Waals surface area contributed by atoms with Crippen LogP contribution in [0.4, 0.5) is 11.4 Å². The third kappa shape index (κ3) is 4.26. The van der Waals surface area contributed by atoms with E-state index in [9.17, 15) is 0 Å². The summed E-state index contributed by atoms with van der Waals surface area (Å²) in [5, 5.41) is 2.37. The zero-order valence-corrected chi connectivity index (χ0v) is 15.0. The zero-order valence-electron chi connectivity index (χ0n) is 13.3. The first-order valence-corrected chi connectivity index (χ1v) is 9.60. The van der Waals surface area contributed by atoms with Crippen molar-refractivity contribution in [1.29, 1.82) is 0 Å². The van der Waals surface area contributed by atoms with Gasteiger partial charge in [-0.05, 0) is 0 Å². The van der Waals surface area contributed by atoms with Gasteiger partial charge in [0.15, 0.2) is 0 Å². The Labute approximate surface area is 134 Å².